The molecule has 1 aliphatic rings. The summed E-state index contributed by atoms with van der Waals surface area (Å²) in [7, 11) is 0. The predicted molar refractivity (Wildman–Crippen MR) is 144 cm³/mol. The number of hydrogen-bond donors (Lipinski definition) is 1. The van der Waals surface area contributed by atoms with Crippen LogP contribution in [0.3, 0.4) is 0 Å². The molecule has 0 aliphatic carbocycles. The molecule has 0 saturated carbocycles. The summed E-state index contributed by atoms with van der Waals surface area (Å²) in [4.78, 5) is 35.1. The van der Waals surface area contributed by atoms with Gasteiger partial charge in [-0.2, -0.15) is 4.52 Å². The Kier molecular flexibility index (Phi) is 5.61. The molecule has 6 rings (SSSR count). The van der Waals surface area contributed by atoms with E-state index in [1.54, 1.807) is 6.07 Å². The van der Waals surface area contributed by atoms with Crippen LogP contribution in [0.1, 0.15) is 15.9 Å². The van der Waals surface area contributed by atoms with E-state index in [0.29, 0.717) is 39.6 Å². The molecule has 1 N–H and O–H groups in total. The summed E-state index contributed by atoms with van der Waals surface area (Å²) < 4.78 is 1.32. The maximum absolute atomic E-state index is 13.1. The Morgan fingerprint density at radius 1 is 0.944 bits per heavy atom. The average molecular weight is 497 g/mol. The Hall–Kier alpha value is -4.24. The van der Waals surface area contributed by atoms with Crippen LogP contribution in [0, 0.1) is 6.92 Å². The third kappa shape index (κ3) is 4.18. The third-order valence-corrected chi connectivity index (χ3v) is 7.24. The summed E-state index contributed by atoms with van der Waals surface area (Å²) in [5.74, 6) is 0.0351. The minimum absolute atomic E-state index is 0.0351. The van der Waals surface area contributed by atoms with Crippen LogP contribution in [0.25, 0.3) is 15.9 Å². The van der Waals surface area contributed by atoms with E-state index in [4.69, 9.17) is 0 Å². The lowest BCUT2D eigenvalue weighted by Crippen LogP contribution is -2.48. The van der Waals surface area contributed by atoms with Crippen molar-refractivity contribution in [2.45, 2.75) is 6.92 Å². The number of fused-ring (bicyclic) bond motifs is 2. The molecule has 0 radical (unpaired) electrons. The number of nitrogens with zero attached hydrogens (tertiary/aromatic N) is 5. The van der Waals surface area contributed by atoms with Gasteiger partial charge in [-0.25, -0.2) is 4.98 Å². The molecule has 36 heavy (non-hydrogen) atoms. The summed E-state index contributed by atoms with van der Waals surface area (Å²) in [5.41, 5.74) is 4.34. The highest BCUT2D eigenvalue weighted by molar-refractivity contribution is 7.20. The van der Waals surface area contributed by atoms with Gasteiger partial charge < -0.3 is 15.1 Å². The van der Waals surface area contributed by atoms with Gasteiger partial charge in [-0.05, 0) is 61.0 Å². The van der Waals surface area contributed by atoms with Crippen LogP contribution in [-0.2, 0) is 0 Å². The normalized spacial score (nSPS) is 13.9. The monoisotopic (exact) mass is 496 g/mol. The van der Waals surface area contributed by atoms with Crippen LogP contribution in [0.15, 0.2) is 77.6 Å². The minimum atomic E-state index is -0.191. The summed E-state index contributed by atoms with van der Waals surface area (Å²) >= 11 is 1.30. The fourth-order valence-corrected chi connectivity index (χ4v) is 5.32. The zero-order valence-corrected chi connectivity index (χ0v) is 20.5. The Morgan fingerprint density at radius 3 is 2.50 bits per heavy atom. The van der Waals surface area contributed by atoms with Crippen molar-refractivity contribution in [2.24, 2.45) is 0 Å². The lowest BCUT2D eigenvalue weighted by molar-refractivity contribution is 0.0747. The molecule has 1 aliphatic heterocycles. The van der Waals surface area contributed by atoms with Crippen LogP contribution in [0.5, 0.6) is 0 Å². The molecule has 0 unspecified atom stereocenters. The molecular formula is C27H24N6O2S. The van der Waals surface area contributed by atoms with Gasteiger partial charge in [-0.3, -0.25) is 9.59 Å². The molecule has 1 amide bonds. The fourth-order valence-electron chi connectivity index (χ4n) is 4.50. The molecule has 1 saturated heterocycles. The van der Waals surface area contributed by atoms with E-state index in [-0.39, 0.29) is 11.5 Å². The van der Waals surface area contributed by atoms with Crippen molar-refractivity contribution in [1.82, 2.24) is 19.5 Å². The summed E-state index contributed by atoms with van der Waals surface area (Å²) in [6.07, 6.45) is 0. The van der Waals surface area contributed by atoms with E-state index < -0.39 is 0 Å². The van der Waals surface area contributed by atoms with E-state index >= 15 is 0 Å². The van der Waals surface area contributed by atoms with Crippen molar-refractivity contribution in [1.29, 1.82) is 0 Å². The molecule has 0 spiro atoms. The first kappa shape index (κ1) is 22.2. The fraction of sp³-hybridized carbons (Fsp3) is 0.185. The second-order valence-electron chi connectivity index (χ2n) is 8.86. The second-order valence-corrected chi connectivity index (χ2v) is 9.81. The van der Waals surface area contributed by atoms with E-state index in [0.717, 1.165) is 18.8 Å². The van der Waals surface area contributed by atoms with Gasteiger partial charge in [0, 0.05) is 43.1 Å². The number of piperazine rings is 1. The highest BCUT2D eigenvalue weighted by Gasteiger charge is 2.22. The summed E-state index contributed by atoms with van der Waals surface area (Å²) in [6.45, 7) is 5.10. The van der Waals surface area contributed by atoms with Crippen molar-refractivity contribution in [2.75, 3.05) is 36.4 Å². The SMILES string of the molecule is Cc1cccc(N2CCN(C(=O)c3ccc(Nc4nn5c(=O)c6ccccc6nc5s4)cc3)CC2)c1. The first-order valence-corrected chi connectivity index (χ1v) is 12.6. The van der Waals surface area contributed by atoms with Crippen molar-refractivity contribution < 1.29 is 4.79 Å². The maximum Gasteiger partial charge on any atom is 0.283 e. The Labute approximate surface area is 211 Å². The van der Waals surface area contributed by atoms with Gasteiger partial charge >= 0.3 is 0 Å². The smallest absolute Gasteiger partial charge is 0.283 e. The lowest BCUT2D eigenvalue weighted by atomic mass is 10.1. The molecule has 8 nitrogen and oxygen atoms in total. The van der Waals surface area contributed by atoms with Gasteiger partial charge in [0.1, 0.15) is 0 Å². The molecule has 3 aromatic carbocycles. The number of amides is 1. The van der Waals surface area contributed by atoms with E-state index in [1.165, 1.54) is 27.1 Å². The van der Waals surface area contributed by atoms with Gasteiger partial charge in [0.05, 0.1) is 10.9 Å². The van der Waals surface area contributed by atoms with Crippen molar-refractivity contribution in [3.63, 3.8) is 0 Å². The molecule has 0 atom stereocenters. The molecular weight excluding hydrogens is 472 g/mol. The highest BCUT2D eigenvalue weighted by atomic mass is 32.1. The summed E-state index contributed by atoms with van der Waals surface area (Å²) in [5, 5.41) is 8.71. The number of carbonyl (C=O) groups is 1. The maximum atomic E-state index is 13.1. The number of aryl methyl sites for hydroxylation is 1. The first-order chi connectivity index (χ1) is 17.5. The van der Waals surface area contributed by atoms with Gasteiger partial charge in [-0.1, -0.05) is 35.6 Å². The topological polar surface area (TPSA) is 82.8 Å². The Balaban J connectivity index is 1.13. The molecule has 5 aromatic rings. The van der Waals surface area contributed by atoms with Gasteiger partial charge in [0.15, 0.2) is 0 Å². The lowest BCUT2D eigenvalue weighted by Gasteiger charge is -2.36. The standard InChI is InChI=1S/C27H24N6O2S/c1-18-5-4-6-21(17-18)31-13-15-32(16-14-31)24(34)19-9-11-20(12-10-19)28-26-30-33-25(35)22-7-2-3-8-23(22)29-27(33)36-26/h2-12,17H,13-16H2,1H3,(H,28,30). The molecule has 180 valence electrons. The number of benzene rings is 3. The van der Waals surface area contributed by atoms with Crippen molar-refractivity contribution in [3.8, 4) is 0 Å². The number of anilines is 3. The molecule has 2 aromatic heterocycles. The highest BCUT2D eigenvalue weighted by Crippen LogP contribution is 2.24. The van der Waals surface area contributed by atoms with E-state index in [1.807, 2.05) is 47.4 Å². The second kappa shape index (κ2) is 9.09. The quantitative estimate of drug-likeness (QED) is 0.399. The van der Waals surface area contributed by atoms with Crippen LogP contribution in [0.2, 0.25) is 0 Å². The van der Waals surface area contributed by atoms with Gasteiger partial charge in [-0.15, -0.1) is 5.10 Å². The van der Waals surface area contributed by atoms with E-state index in [9.17, 15) is 9.59 Å². The Morgan fingerprint density at radius 2 is 1.72 bits per heavy atom. The zero-order chi connectivity index (χ0) is 24.6. The number of hydrogen-bond acceptors (Lipinski definition) is 7. The van der Waals surface area contributed by atoms with Crippen LogP contribution < -0.4 is 15.8 Å². The molecule has 9 heteroatoms. The minimum Gasteiger partial charge on any atom is -0.368 e. The summed E-state index contributed by atoms with van der Waals surface area (Å²) in [6, 6.07) is 23.1. The van der Waals surface area contributed by atoms with Gasteiger partial charge in [0.25, 0.3) is 11.5 Å². The predicted octanol–water partition coefficient (Wildman–Crippen LogP) is 4.32. The number of nitrogens with one attached hydrogen (secondary N) is 1. The Bertz CT molecular complexity index is 1630. The van der Waals surface area contributed by atoms with Gasteiger partial charge in [0.2, 0.25) is 10.1 Å². The van der Waals surface area contributed by atoms with Crippen molar-refractivity contribution in [3.05, 3.63) is 94.3 Å². The van der Waals surface area contributed by atoms with Crippen LogP contribution >= 0.6 is 11.3 Å². The molecule has 3 heterocycles. The van der Waals surface area contributed by atoms with Crippen LogP contribution in [0.4, 0.5) is 16.5 Å². The molecule has 1 fully saturated rings. The first-order valence-electron chi connectivity index (χ1n) is 11.8. The largest absolute Gasteiger partial charge is 0.368 e. The van der Waals surface area contributed by atoms with E-state index in [2.05, 4.69) is 51.5 Å². The number of carbonyl (C=O) groups excluding carboxylic acids is 1. The average Bonchev–Trinajstić information content (AvgIpc) is 3.31. The number of aromatic nitrogens is 3. The number of rotatable bonds is 4. The van der Waals surface area contributed by atoms with Crippen LogP contribution in [-0.4, -0.2) is 51.6 Å². The third-order valence-electron chi connectivity index (χ3n) is 6.42. The number of para-hydroxylation sites is 1. The zero-order valence-electron chi connectivity index (χ0n) is 19.7. The molecule has 0 bridgehead atoms. The van der Waals surface area contributed by atoms with Crippen molar-refractivity contribution >= 4 is 49.6 Å².